The van der Waals surface area contributed by atoms with Crippen molar-refractivity contribution in [1.29, 1.82) is 0 Å². The van der Waals surface area contributed by atoms with E-state index in [0.717, 1.165) is 30.4 Å². The number of hydrogen-bond acceptors (Lipinski definition) is 3. The van der Waals surface area contributed by atoms with Gasteiger partial charge in [0, 0.05) is 19.0 Å². The van der Waals surface area contributed by atoms with Crippen LogP contribution in [0.3, 0.4) is 0 Å². The van der Waals surface area contributed by atoms with Crippen LogP contribution in [0, 0.1) is 17.7 Å². The topological polar surface area (TPSA) is 38.8 Å². The van der Waals surface area contributed by atoms with E-state index in [1.54, 1.807) is 6.07 Å². The summed E-state index contributed by atoms with van der Waals surface area (Å²) in [6, 6.07) is 4.71. The maximum atomic E-state index is 14.1. The zero-order valence-electron chi connectivity index (χ0n) is 16.8. The molecule has 0 atom stereocenters. The van der Waals surface area contributed by atoms with Gasteiger partial charge in [0.05, 0.1) is 11.2 Å². The molecule has 1 heterocycles. The quantitative estimate of drug-likeness (QED) is 0.719. The van der Waals surface area contributed by atoms with Crippen molar-refractivity contribution < 1.29 is 18.5 Å². The zero-order valence-corrected chi connectivity index (χ0v) is 16.8. The van der Waals surface area contributed by atoms with Crippen LogP contribution in [-0.4, -0.2) is 35.7 Å². The summed E-state index contributed by atoms with van der Waals surface area (Å²) in [7, 11) is -0.551. The number of hydrogen-bond donors (Lipinski definition) is 0. The summed E-state index contributed by atoms with van der Waals surface area (Å²) in [5.41, 5.74) is 0.685. The second-order valence-corrected chi connectivity index (χ2v) is 9.37. The van der Waals surface area contributed by atoms with E-state index in [-0.39, 0.29) is 17.6 Å². The first kappa shape index (κ1) is 18.9. The van der Waals surface area contributed by atoms with Crippen molar-refractivity contribution in [3.8, 4) is 0 Å². The first-order valence-electron chi connectivity index (χ1n) is 10.1. The van der Waals surface area contributed by atoms with Crippen LogP contribution in [0.4, 0.5) is 4.39 Å². The lowest BCUT2D eigenvalue weighted by atomic mass is 9.75. The lowest BCUT2D eigenvalue weighted by molar-refractivity contribution is -0.133. The number of rotatable bonds is 6. The summed E-state index contributed by atoms with van der Waals surface area (Å²) >= 11 is 0. The molecule has 3 aliphatic rings. The molecule has 0 unspecified atom stereocenters. The minimum Gasteiger partial charge on any atom is -0.399 e. The smallest absolute Gasteiger partial charge is 0.399 e. The molecule has 6 heteroatoms. The van der Waals surface area contributed by atoms with Crippen LogP contribution in [0.25, 0.3) is 0 Å². The average Bonchev–Trinajstić information content (AvgIpc) is 3.46. The van der Waals surface area contributed by atoms with E-state index < -0.39 is 18.3 Å². The van der Waals surface area contributed by atoms with E-state index in [9.17, 15) is 9.18 Å². The number of amides is 1. The highest BCUT2D eigenvalue weighted by Gasteiger charge is 2.52. The molecular formula is C21H29BFNO3. The standard InChI is InChI=1S/C21H29BFNO3/c1-20(2)21(3,4)27-22(26-20)18-10-9-17(23)11-16(18)13-24(12-14-5-6-14)19(25)15-7-8-15/h9-11,14-15H,5-8,12-13H2,1-4H3. The van der Waals surface area contributed by atoms with E-state index in [1.807, 2.05) is 32.6 Å². The number of carbonyl (C=O) groups is 1. The molecular weight excluding hydrogens is 344 g/mol. The Hall–Kier alpha value is -1.40. The van der Waals surface area contributed by atoms with Crippen LogP contribution in [0.15, 0.2) is 18.2 Å². The number of carbonyl (C=O) groups excluding carboxylic acids is 1. The van der Waals surface area contributed by atoms with Crippen LogP contribution in [0.2, 0.25) is 0 Å². The first-order chi connectivity index (χ1) is 12.7. The van der Waals surface area contributed by atoms with Crippen molar-refractivity contribution in [2.45, 2.75) is 71.1 Å². The predicted octanol–water partition coefficient (Wildman–Crippen LogP) is 3.27. The molecule has 3 fully saturated rings. The summed E-state index contributed by atoms with van der Waals surface area (Å²) in [4.78, 5) is 14.7. The Balaban J connectivity index is 1.60. The van der Waals surface area contributed by atoms with Gasteiger partial charge in [0.15, 0.2) is 0 Å². The van der Waals surface area contributed by atoms with Crippen LogP contribution in [0.1, 0.15) is 58.9 Å². The highest BCUT2D eigenvalue weighted by atomic mass is 19.1. The number of halogens is 1. The van der Waals surface area contributed by atoms with Crippen LogP contribution < -0.4 is 5.46 Å². The van der Waals surface area contributed by atoms with Gasteiger partial charge in [-0.15, -0.1) is 0 Å². The molecule has 1 aliphatic heterocycles. The maximum Gasteiger partial charge on any atom is 0.495 e. The fraction of sp³-hybridized carbons (Fsp3) is 0.667. The van der Waals surface area contributed by atoms with Crippen LogP contribution in [-0.2, 0) is 20.6 Å². The van der Waals surface area contributed by atoms with Gasteiger partial charge in [-0.2, -0.15) is 0 Å². The van der Waals surface area contributed by atoms with Gasteiger partial charge >= 0.3 is 7.12 Å². The van der Waals surface area contributed by atoms with E-state index in [2.05, 4.69) is 0 Å². The predicted molar refractivity (Wildman–Crippen MR) is 103 cm³/mol. The van der Waals surface area contributed by atoms with Crippen molar-refractivity contribution in [3.63, 3.8) is 0 Å². The monoisotopic (exact) mass is 373 g/mol. The molecule has 146 valence electrons. The zero-order chi connectivity index (χ0) is 19.4. The fourth-order valence-corrected chi connectivity index (χ4v) is 3.55. The van der Waals surface area contributed by atoms with Crippen molar-refractivity contribution in [3.05, 3.63) is 29.6 Å². The SMILES string of the molecule is CC1(C)OB(c2ccc(F)cc2CN(CC2CC2)C(=O)C2CC2)OC1(C)C. The molecule has 2 aliphatic carbocycles. The molecule has 0 aromatic heterocycles. The van der Waals surface area contributed by atoms with Crippen LogP contribution in [0.5, 0.6) is 0 Å². The highest BCUT2D eigenvalue weighted by molar-refractivity contribution is 6.62. The number of nitrogens with zero attached hydrogens (tertiary/aromatic N) is 1. The van der Waals surface area contributed by atoms with E-state index in [0.29, 0.717) is 12.5 Å². The van der Waals surface area contributed by atoms with Gasteiger partial charge in [-0.1, -0.05) is 6.07 Å². The third kappa shape index (κ3) is 3.92. The van der Waals surface area contributed by atoms with E-state index >= 15 is 0 Å². The van der Waals surface area contributed by atoms with Gasteiger partial charge in [-0.25, -0.2) is 4.39 Å². The van der Waals surface area contributed by atoms with Gasteiger partial charge in [0.25, 0.3) is 0 Å². The largest absolute Gasteiger partial charge is 0.495 e. The van der Waals surface area contributed by atoms with E-state index in [4.69, 9.17) is 9.31 Å². The highest BCUT2D eigenvalue weighted by Crippen LogP contribution is 2.38. The lowest BCUT2D eigenvalue weighted by Crippen LogP contribution is -2.41. The summed E-state index contributed by atoms with van der Waals surface area (Å²) < 4.78 is 26.4. The minimum atomic E-state index is -0.551. The Kier molecular flexibility index (Phi) is 4.63. The Morgan fingerprint density at radius 2 is 1.78 bits per heavy atom. The number of benzene rings is 1. The molecule has 1 amide bonds. The third-order valence-corrected chi connectivity index (χ3v) is 6.39. The molecule has 0 spiro atoms. The normalized spacial score (nSPS) is 23.5. The van der Waals surface area contributed by atoms with E-state index in [1.165, 1.54) is 25.0 Å². The fourth-order valence-electron chi connectivity index (χ4n) is 3.55. The molecule has 0 N–H and O–H groups in total. The Morgan fingerprint density at radius 1 is 1.15 bits per heavy atom. The molecule has 0 bridgehead atoms. The Morgan fingerprint density at radius 3 is 2.33 bits per heavy atom. The molecule has 27 heavy (non-hydrogen) atoms. The molecule has 1 aromatic carbocycles. The molecule has 4 nitrogen and oxygen atoms in total. The molecule has 2 saturated carbocycles. The summed E-state index contributed by atoms with van der Waals surface area (Å²) in [6.45, 7) is 9.22. The van der Waals surface area contributed by atoms with Crippen molar-refractivity contribution in [2.24, 2.45) is 11.8 Å². The van der Waals surface area contributed by atoms with Crippen LogP contribution >= 0.6 is 0 Å². The van der Waals surface area contributed by atoms with Gasteiger partial charge < -0.3 is 14.2 Å². The van der Waals surface area contributed by atoms with Gasteiger partial charge in [0.1, 0.15) is 5.82 Å². The second-order valence-electron chi connectivity index (χ2n) is 9.37. The molecule has 1 saturated heterocycles. The average molecular weight is 373 g/mol. The van der Waals surface area contributed by atoms with Gasteiger partial charge in [-0.3, -0.25) is 4.79 Å². The summed E-state index contributed by atoms with van der Waals surface area (Å²) in [6.07, 6.45) is 4.32. The third-order valence-electron chi connectivity index (χ3n) is 6.39. The van der Waals surface area contributed by atoms with Gasteiger partial charge in [-0.05, 0) is 82.5 Å². The lowest BCUT2D eigenvalue weighted by Gasteiger charge is -2.32. The summed E-state index contributed by atoms with van der Waals surface area (Å²) in [5, 5.41) is 0. The molecule has 0 radical (unpaired) electrons. The van der Waals surface area contributed by atoms with Crippen molar-refractivity contribution in [2.75, 3.05) is 6.54 Å². The Labute approximate surface area is 161 Å². The minimum absolute atomic E-state index is 0.164. The van der Waals surface area contributed by atoms with Gasteiger partial charge in [0.2, 0.25) is 5.91 Å². The maximum absolute atomic E-state index is 14.1. The first-order valence-corrected chi connectivity index (χ1v) is 10.1. The second kappa shape index (κ2) is 6.59. The molecule has 1 aromatic rings. The summed E-state index contributed by atoms with van der Waals surface area (Å²) in [5.74, 6) is 0.681. The van der Waals surface area contributed by atoms with Crippen molar-refractivity contribution >= 4 is 18.5 Å². The molecule has 4 rings (SSSR count). The van der Waals surface area contributed by atoms with Crippen molar-refractivity contribution in [1.82, 2.24) is 4.90 Å². The Bertz CT molecular complexity index is 727.